The fourth-order valence-electron chi connectivity index (χ4n) is 2.53. The smallest absolute Gasteiger partial charge is 0.0478 e. The highest BCUT2D eigenvalue weighted by molar-refractivity contribution is 4.80. The van der Waals surface area contributed by atoms with Gasteiger partial charge in [0.2, 0.25) is 0 Å². The predicted octanol–water partition coefficient (Wildman–Crippen LogP) is 2.51. The maximum absolute atomic E-state index is 5.56. The van der Waals surface area contributed by atoms with E-state index in [0.29, 0.717) is 6.04 Å². The Morgan fingerprint density at radius 3 is 2.89 bits per heavy atom. The molecule has 1 heterocycles. The van der Waals surface area contributed by atoms with Crippen LogP contribution in [-0.2, 0) is 4.74 Å². The summed E-state index contributed by atoms with van der Waals surface area (Å²) in [7, 11) is 0. The van der Waals surface area contributed by atoms with Crippen LogP contribution in [0.25, 0.3) is 0 Å². The van der Waals surface area contributed by atoms with E-state index in [0.717, 1.165) is 25.6 Å². The predicted molar refractivity (Wildman–Crippen MR) is 78.0 cm³/mol. The zero-order chi connectivity index (χ0) is 13.2. The van der Waals surface area contributed by atoms with Crippen LogP contribution in [0.3, 0.4) is 0 Å². The highest BCUT2D eigenvalue weighted by Gasteiger charge is 2.21. The van der Waals surface area contributed by atoms with Gasteiger partial charge in [-0.3, -0.25) is 0 Å². The molecule has 2 atom stereocenters. The van der Waals surface area contributed by atoms with Crippen molar-refractivity contribution >= 4 is 0 Å². The third-order valence-corrected chi connectivity index (χ3v) is 3.95. The lowest BCUT2D eigenvalue weighted by Crippen LogP contribution is -2.42. The van der Waals surface area contributed by atoms with E-state index in [2.05, 4.69) is 31.0 Å². The SMILES string of the molecule is CCCOCCCN1CCCNC(C(C)CC)C1. The minimum atomic E-state index is 0.675. The van der Waals surface area contributed by atoms with Crippen LogP contribution in [0.4, 0.5) is 0 Å². The summed E-state index contributed by atoms with van der Waals surface area (Å²) in [5, 5.41) is 3.70. The van der Waals surface area contributed by atoms with Gasteiger partial charge in [0.25, 0.3) is 0 Å². The average Bonchev–Trinajstić information content (AvgIpc) is 2.63. The Morgan fingerprint density at radius 1 is 1.33 bits per heavy atom. The number of nitrogens with one attached hydrogen (secondary N) is 1. The molecule has 0 radical (unpaired) electrons. The molecule has 18 heavy (non-hydrogen) atoms. The molecule has 1 fully saturated rings. The molecular formula is C15H32N2O. The Hall–Kier alpha value is -0.120. The van der Waals surface area contributed by atoms with Crippen LogP contribution >= 0.6 is 0 Å². The quantitative estimate of drug-likeness (QED) is 0.675. The maximum Gasteiger partial charge on any atom is 0.0478 e. The summed E-state index contributed by atoms with van der Waals surface area (Å²) >= 11 is 0. The first kappa shape index (κ1) is 15.9. The molecule has 1 aliphatic rings. The minimum absolute atomic E-state index is 0.675. The largest absolute Gasteiger partial charge is 0.381 e. The number of nitrogens with zero attached hydrogens (tertiary/aromatic N) is 1. The molecule has 0 aromatic rings. The van der Waals surface area contributed by atoms with Gasteiger partial charge in [-0.15, -0.1) is 0 Å². The van der Waals surface area contributed by atoms with E-state index in [1.165, 1.54) is 45.4 Å². The molecule has 1 N–H and O–H groups in total. The van der Waals surface area contributed by atoms with E-state index in [4.69, 9.17) is 4.74 Å². The lowest BCUT2D eigenvalue weighted by molar-refractivity contribution is 0.119. The molecule has 1 saturated heterocycles. The molecular weight excluding hydrogens is 224 g/mol. The molecule has 0 amide bonds. The summed E-state index contributed by atoms with van der Waals surface area (Å²) in [5.74, 6) is 0.780. The van der Waals surface area contributed by atoms with Crippen molar-refractivity contribution in [2.75, 3.05) is 39.4 Å². The third-order valence-electron chi connectivity index (χ3n) is 3.95. The normalized spacial score (nSPS) is 23.8. The Labute approximate surface area is 113 Å². The maximum atomic E-state index is 5.56. The molecule has 0 aromatic heterocycles. The summed E-state index contributed by atoms with van der Waals surface area (Å²) in [6, 6.07) is 0.675. The van der Waals surface area contributed by atoms with Gasteiger partial charge in [0.15, 0.2) is 0 Å². The van der Waals surface area contributed by atoms with Crippen LogP contribution in [0.5, 0.6) is 0 Å². The Morgan fingerprint density at radius 2 is 2.17 bits per heavy atom. The second-order valence-electron chi connectivity index (χ2n) is 5.57. The van der Waals surface area contributed by atoms with E-state index >= 15 is 0 Å². The summed E-state index contributed by atoms with van der Waals surface area (Å²) in [6.45, 7) is 13.5. The number of hydrogen-bond donors (Lipinski definition) is 1. The zero-order valence-electron chi connectivity index (χ0n) is 12.6. The van der Waals surface area contributed by atoms with Crippen LogP contribution in [-0.4, -0.2) is 50.3 Å². The molecule has 108 valence electrons. The number of hydrogen-bond acceptors (Lipinski definition) is 3. The summed E-state index contributed by atoms with van der Waals surface area (Å²) in [4.78, 5) is 2.62. The number of ether oxygens (including phenoxy) is 1. The van der Waals surface area contributed by atoms with E-state index < -0.39 is 0 Å². The molecule has 1 rings (SSSR count). The standard InChI is InChI=1S/C15H32N2O/c1-4-11-18-12-7-10-17-9-6-8-16-15(13-17)14(3)5-2/h14-16H,4-13H2,1-3H3. The van der Waals surface area contributed by atoms with Crippen molar-refractivity contribution < 1.29 is 4.74 Å². The lowest BCUT2D eigenvalue weighted by atomic mass is 9.99. The Kier molecular flexibility index (Phi) is 8.64. The van der Waals surface area contributed by atoms with Crippen molar-refractivity contribution in [3.05, 3.63) is 0 Å². The van der Waals surface area contributed by atoms with Gasteiger partial charge in [0.1, 0.15) is 0 Å². The molecule has 0 aromatic carbocycles. The van der Waals surface area contributed by atoms with Crippen LogP contribution < -0.4 is 5.32 Å². The van der Waals surface area contributed by atoms with Gasteiger partial charge < -0.3 is 15.0 Å². The fourth-order valence-corrected chi connectivity index (χ4v) is 2.53. The van der Waals surface area contributed by atoms with E-state index in [1.54, 1.807) is 0 Å². The van der Waals surface area contributed by atoms with Crippen molar-refractivity contribution in [1.82, 2.24) is 10.2 Å². The zero-order valence-corrected chi connectivity index (χ0v) is 12.6. The molecule has 0 spiro atoms. The third kappa shape index (κ3) is 6.17. The molecule has 2 unspecified atom stereocenters. The van der Waals surface area contributed by atoms with Crippen LogP contribution in [0.2, 0.25) is 0 Å². The van der Waals surface area contributed by atoms with Gasteiger partial charge >= 0.3 is 0 Å². The summed E-state index contributed by atoms with van der Waals surface area (Å²) in [6.07, 6.45) is 4.85. The molecule has 1 aliphatic heterocycles. The molecule has 0 bridgehead atoms. The first-order valence-electron chi connectivity index (χ1n) is 7.81. The van der Waals surface area contributed by atoms with E-state index in [-0.39, 0.29) is 0 Å². The highest BCUT2D eigenvalue weighted by Crippen LogP contribution is 2.12. The van der Waals surface area contributed by atoms with E-state index in [9.17, 15) is 0 Å². The van der Waals surface area contributed by atoms with Gasteiger partial charge in [-0.2, -0.15) is 0 Å². The summed E-state index contributed by atoms with van der Waals surface area (Å²) in [5.41, 5.74) is 0. The van der Waals surface area contributed by atoms with Crippen molar-refractivity contribution in [3.8, 4) is 0 Å². The fraction of sp³-hybridized carbons (Fsp3) is 1.00. The molecule has 3 heteroatoms. The first-order valence-corrected chi connectivity index (χ1v) is 7.81. The van der Waals surface area contributed by atoms with Crippen molar-refractivity contribution in [1.29, 1.82) is 0 Å². The van der Waals surface area contributed by atoms with Gasteiger partial charge in [0, 0.05) is 32.3 Å². The topological polar surface area (TPSA) is 24.5 Å². The van der Waals surface area contributed by atoms with Gasteiger partial charge in [-0.1, -0.05) is 27.2 Å². The average molecular weight is 256 g/mol. The Bertz CT molecular complexity index is 199. The highest BCUT2D eigenvalue weighted by atomic mass is 16.5. The first-order chi connectivity index (χ1) is 8.77. The van der Waals surface area contributed by atoms with Crippen molar-refractivity contribution in [2.45, 2.75) is 52.5 Å². The van der Waals surface area contributed by atoms with Crippen LogP contribution in [0, 0.1) is 5.92 Å². The van der Waals surface area contributed by atoms with Crippen LogP contribution in [0.15, 0.2) is 0 Å². The molecule has 0 saturated carbocycles. The second-order valence-corrected chi connectivity index (χ2v) is 5.57. The minimum Gasteiger partial charge on any atom is -0.381 e. The van der Waals surface area contributed by atoms with Crippen molar-refractivity contribution in [2.24, 2.45) is 5.92 Å². The van der Waals surface area contributed by atoms with E-state index in [1.807, 2.05) is 0 Å². The molecule has 0 aliphatic carbocycles. The van der Waals surface area contributed by atoms with Gasteiger partial charge in [-0.25, -0.2) is 0 Å². The van der Waals surface area contributed by atoms with Gasteiger partial charge in [-0.05, 0) is 38.3 Å². The second kappa shape index (κ2) is 9.76. The van der Waals surface area contributed by atoms with Crippen LogP contribution in [0.1, 0.15) is 46.5 Å². The number of rotatable bonds is 8. The Balaban J connectivity index is 2.22. The lowest BCUT2D eigenvalue weighted by Gasteiger charge is -2.28. The summed E-state index contributed by atoms with van der Waals surface area (Å²) < 4.78 is 5.56. The monoisotopic (exact) mass is 256 g/mol. The molecule has 3 nitrogen and oxygen atoms in total. The van der Waals surface area contributed by atoms with Gasteiger partial charge in [0.05, 0.1) is 0 Å². The van der Waals surface area contributed by atoms with Crippen molar-refractivity contribution in [3.63, 3.8) is 0 Å².